The minimum atomic E-state index is -0.374. The van der Waals surface area contributed by atoms with E-state index in [0.717, 1.165) is 24.8 Å². The van der Waals surface area contributed by atoms with Crippen LogP contribution in [-0.4, -0.2) is 28.8 Å². The van der Waals surface area contributed by atoms with Gasteiger partial charge in [0.15, 0.2) is 11.0 Å². The van der Waals surface area contributed by atoms with Gasteiger partial charge >= 0.3 is 0 Å². The maximum Gasteiger partial charge on any atom is 0.187 e. The standard InChI is InChI=1S/C10H14FN3S/c11-9-5-13-10(14-6-9)15-7-8-1-3-12-4-2-8/h5-6,8,12H,1-4,7H2. The lowest BCUT2D eigenvalue weighted by molar-refractivity contribution is 0.407. The molecule has 1 aliphatic rings. The molecule has 82 valence electrons. The van der Waals surface area contributed by atoms with Gasteiger partial charge in [0, 0.05) is 5.75 Å². The van der Waals surface area contributed by atoms with E-state index in [-0.39, 0.29) is 5.82 Å². The molecule has 0 spiro atoms. The Morgan fingerprint density at radius 2 is 2.00 bits per heavy atom. The maximum atomic E-state index is 12.5. The van der Waals surface area contributed by atoms with Gasteiger partial charge in [-0.15, -0.1) is 0 Å². The van der Waals surface area contributed by atoms with Crippen molar-refractivity contribution in [3.63, 3.8) is 0 Å². The Balaban J connectivity index is 1.79. The third-order valence-corrected chi connectivity index (χ3v) is 3.61. The lowest BCUT2D eigenvalue weighted by atomic mass is 10.0. The summed E-state index contributed by atoms with van der Waals surface area (Å²) in [5.74, 6) is 1.40. The van der Waals surface area contributed by atoms with Crippen molar-refractivity contribution in [1.82, 2.24) is 15.3 Å². The first-order valence-corrected chi connectivity index (χ1v) is 6.14. The highest BCUT2D eigenvalue weighted by Gasteiger charge is 2.13. The van der Waals surface area contributed by atoms with Gasteiger partial charge in [-0.2, -0.15) is 0 Å². The Labute approximate surface area is 92.9 Å². The normalized spacial score (nSPS) is 17.9. The Hall–Kier alpha value is -0.680. The molecule has 1 N–H and O–H groups in total. The van der Waals surface area contributed by atoms with Crippen LogP contribution in [-0.2, 0) is 0 Å². The first-order valence-electron chi connectivity index (χ1n) is 5.15. The van der Waals surface area contributed by atoms with Gasteiger partial charge in [0.2, 0.25) is 0 Å². The molecule has 1 aromatic rings. The van der Waals surface area contributed by atoms with Crippen LogP contribution in [0.4, 0.5) is 4.39 Å². The molecule has 0 amide bonds. The fourth-order valence-electron chi connectivity index (χ4n) is 1.62. The molecule has 0 unspecified atom stereocenters. The number of rotatable bonds is 3. The molecule has 3 nitrogen and oxygen atoms in total. The van der Waals surface area contributed by atoms with Crippen molar-refractivity contribution in [3.05, 3.63) is 18.2 Å². The van der Waals surface area contributed by atoms with Crippen LogP contribution in [0, 0.1) is 11.7 Å². The van der Waals surface area contributed by atoms with Crippen molar-refractivity contribution in [2.24, 2.45) is 5.92 Å². The summed E-state index contributed by atoms with van der Waals surface area (Å²) in [4.78, 5) is 7.85. The zero-order valence-corrected chi connectivity index (χ0v) is 9.26. The van der Waals surface area contributed by atoms with Crippen molar-refractivity contribution < 1.29 is 4.39 Å². The summed E-state index contributed by atoms with van der Waals surface area (Å²) in [7, 11) is 0. The molecule has 1 aliphatic heterocycles. The molecular formula is C10H14FN3S. The molecule has 0 radical (unpaired) electrons. The number of hydrogen-bond donors (Lipinski definition) is 1. The Bertz CT molecular complexity index is 298. The third-order valence-electron chi connectivity index (χ3n) is 2.50. The van der Waals surface area contributed by atoms with E-state index in [1.807, 2.05) is 0 Å². The van der Waals surface area contributed by atoms with Gasteiger partial charge in [-0.25, -0.2) is 14.4 Å². The molecule has 5 heteroatoms. The van der Waals surface area contributed by atoms with Crippen LogP contribution in [0.2, 0.25) is 0 Å². The number of halogens is 1. The minimum absolute atomic E-state index is 0.374. The van der Waals surface area contributed by atoms with E-state index in [9.17, 15) is 4.39 Å². The predicted octanol–water partition coefficient (Wildman–Crippen LogP) is 1.71. The zero-order chi connectivity index (χ0) is 10.5. The summed E-state index contributed by atoms with van der Waals surface area (Å²) in [5, 5.41) is 4.01. The third kappa shape index (κ3) is 3.43. The fraction of sp³-hybridized carbons (Fsp3) is 0.600. The smallest absolute Gasteiger partial charge is 0.187 e. The van der Waals surface area contributed by atoms with E-state index < -0.39 is 0 Å². The fourth-order valence-corrected chi connectivity index (χ4v) is 2.59. The van der Waals surface area contributed by atoms with Gasteiger partial charge in [0.05, 0.1) is 12.4 Å². The van der Waals surface area contributed by atoms with E-state index in [1.54, 1.807) is 11.8 Å². The first-order chi connectivity index (χ1) is 7.34. The summed E-state index contributed by atoms with van der Waals surface area (Å²) in [6.07, 6.45) is 4.87. The number of hydrogen-bond acceptors (Lipinski definition) is 4. The van der Waals surface area contributed by atoms with Crippen LogP contribution in [0.25, 0.3) is 0 Å². The van der Waals surface area contributed by atoms with Gasteiger partial charge in [-0.3, -0.25) is 0 Å². The molecule has 0 aliphatic carbocycles. The summed E-state index contributed by atoms with van der Waals surface area (Å²) in [6.45, 7) is 2.21. The molecule has 1 fully saturated rings. The van der Waals surface area contributed by atoms with Crippen LogP contribution in [0.3, 0.4) is 0 Å². The Kier molecular flexibility index (Phi) is 3.91. The minimum Gasteiger partial charge on any atom is -0.317 e. The number of nitrogens with zero attached hydrogens (tertiary/aromatic N) is 2. The predicted molar refractivity (Wildman–Crippen MR) is 58.3 cm³/mol. The highest BCUT2D eigenvalue weighted by Crippen LogP contribution is 2.21. The number of nitrogens with one attached hydrogen (secondary N) is 1. The second-order valence-electron chi connectivity index (χ2n) is 3.69. The van der Waals surface area contributed by atoms with Gasteiger partial charge in [-0.05, 0) is 31.8 Å². The molecule has 0 saturated carbocycles. The quantitative estimate of drug-likeness (QED) is 0.630. The van der Waals surface area contributed by atoms with E-state index in [4.69, 9.17) is 0 Å². The maximum absolute atomic E-state index is 12.5. The topological polar surface area (TPSA) is 37.8 Å². The molecular weight excluding hydrogens is 213 g/mol. The van der Waals surface area contributed by atoms with Gasteiger partial charge in [0.25, 0.3) is 0 Å². The Morgan fingerprint density at radius 3 is 2.67 bits per heavy atom. The summed E-state index contributed by atoms with van der Waals surface area (Å²) < 4.78 is 12.5. The summed E-state index contributed by atoms with van der Waals surface area (Å²) >= 11 is 1.62. The first kappa shape index (κ1) is 10.8. The van der Waals surface area contributed by atoms with Gasteiger partial charge in [0.1, 0.15) is 0 Å². The molecule has 0 atom stereocenters. The molecule has 0 bridgehead atoms. The van der Waals surface area contributed by atoms with Crippen molar-refractivity contribution in [1.29, 1.82) is 0 Å². The van der Waals surface area contributed by atoms with Crippen molar-refractivity contribution >= 4 is 11.8 Å². The number of piperidine rings is 1. The average molecular weight is 227 g/mol. The number of thioether (sulfide) groups is 1. The van der Waals surface area contributed by atoms with Crippen molar-refractivity contribution in [2.75, 3.05) is 18.8 Å². The molecule has 1 saturated heterocycles. The van der Waals surface area contributed by atoms with E-state index in [1.165, 1.54) is 25.2 Å². The average Bonchev–Trinajstić information content (AvgIpc) is 2.30. The van der Waals surface area contributed by atoms with Crippen molar-refractivity contribution in [2.45, 2.75) is 18.0 Å². The second kappa shape index (κ2) is 5.42. The number of aromatic nitrogens is 2. The van der Waals surface area contributed by atoms with Crippen LogP contribution in [0.15, 0.2) is 17.6 Å². The van der Waals surface area contributed by atoms with Crippen LogP contribution in [0.5, 0.6) is 0 Å². The second-order valence-corrected chi connectivity index (χ2v) is 4.68. The van der Waals surface area contributed by atoms with Gasteiger partial charge in [-0.1, -0.05) is 11.8 Å². The van der Waals surface area contributed by atoms with Crippen LogP contribution in [0.1, 0.15) is 12.8 Å². The highest BCUT2D eigenvalue weighted by atomic mass is 32.2. The summed E-state index contributed by atoms with van der Waals surface area (Å²) in [6, 6.07) is 0. The van der Waals surface area contributed by atoms with Gasteiger partial charge < -0.3 is 5.32 Å². The zero-order valence-electron chi connectivity index (χ0n) is 8.45. The van der Waals surface area contributed by atoms with E-state index >= 15 is 0 Å². The molecule has 2 heterocycles. The van der Waals surface area contributed by atoms with E-state index in [0.29, 0.717) is 5.16 Å². The molecule has 15 heavy (non-hydrogen) atoms. The highest BCUT2D eigenvalue weighted by molar-refractivity contribution is 7.99. The molecule has 0 aromatic carbocycles. The SMILES string of the molecule is Fc1cnc(SCC2CCNCC2)nc1. The lowest BCUT2D eigenvalue weighted by Gasteiger charge is -2.21. The largest absolute Gasteiger partial charge is 0.317 e. The van der Waals surface area contributed by atoms with Crippen LogP contribution < -0.4 is 5.32 Å². The van der Waals surface area contributed by atoms with E-state index in [2.05, 4.69) is 15.3 Å². The summed E-state index contributed by atoms with van der Waals surface area (Å²) in [5.41, 5.74) is 0. The van der Waals surface area contributed by atoms with Crippen molar-refractivity contribution in [3.8, 4) is 0 Å². The lowest BCUT2D eigenvalue weighted by Crippen LogP contribution is -2.28. The molecule has 2 rings (SSSR count). The molecule has 1 aromatic heterocycles. The van der Waals surface area contributed by atoms with Crippen LogP contribution >= 0.6 is 11.8 Å². The Morgan fingerprint density at radius 1 is 1.33 bits per heavy atom. The monoisotopic (exact) mass is 227 g/mol.